The lowest BCUT2D eigenvalue weighted by molar-refractivity contribution is 0.505. The number of hydrogen-bond donors (Lipinski definition) is 0. The zero-order chi connectivity index (χ0) is 20.2. The molecule has 5 rings (SSSR count). The molecule has 0 aliphatic heterocycles. The summed E-state index contributed by atoms with van der Waals surface area (Å²) in [5.74, 6) is 1.33. The monoisotopic (exact) mass is 402 g/mol. The average molecular weight is 403 g/mol. The molecule has 1 aliphatic carbocycles. The SMILES string of the molecule is Cn1nc(SCc2ccccc2)n2c(=O)c3c(nc12)-c1ccccc1CC3(C)C. The van der Waals surface area contributed by atoms with Gasteiger partial charge >= 0.3 is 0 Å². The number of thioether (sulfide) groups is 1. The summed E-state index contributed by atoms with van der Waals surface area (Å²) < 4.78 is 3.39. The summed E-state index contributed by atoms with van der Waals surface area (Å²) in [5, 5.41) is 5.30. The van der Waals surface area contributed by atoms with Crippen molar-refractivity contribution in [2.75, 3.05) is 0 Å². The molecule has 2 aromatic carbocycles. The van der Waals surface area contributed by atoms with Crippen LogP contribution in [0, 0.1) is 0 Å². The summed E-state index contributed by atoms with van der Waals surface area (Å²) >= 11 is 1.57. The highest BCUT2D eigenvalue weighted by atomic mass is 32.2. The Morgan fingerprint density at radius 2 is 1.79 bits per heavy atom. The smallest absolute Gasteiger partial charge is 0.265 e. The Labute approximate surface area is 173 Å². The molecule has 0 fully saturated rings. The Morgan fingerprint density at radius 3 is 2.59 bits per heavy atom. The molecule has 0 radical (unpaired) electrons. The molecule has 0 atom stereocenters. The maximum absolute atomic E-state index is 13.7. The fourth-order valence-electron chi connectivity index (χ4n) is 4.21. The Bertz CT molecular complexity index is 1290. The Hall–Kier alpha value is -2.86. The van der Waals surface area contributed by atoms with E-state index in [2.05, 4.69) is 43.2 Å². The standard InChI is InChI=1S/C23H22N4OS/c1-23(2)13-16-11-7-8-12-17(16)19-18(23)20(28)27-21(24-19)26(3)25-22(27)29-14-15-9-5-4-6-10-15/h4-12H,13-14H2,1-3H3. The van der Waals surface area contributed by atoms with Crippen LogP contribution in [0.15, 0.2) is 64.5 Å². The second-order valence-electron chi connectivity index (χ2n) is 8.17. The van der Waals surface area contributed by atoms with Crippen LogP contribution in [0.25, 0.3) is 17.0 Å². The van der Waals surface area contributed by atoms with Gasteiger partial charge in [-0.05, 0) is 17.5 Å². The van der Waals surface area contributed by atoms with E-state index in [0.717, 1.165) is 29.0 Å². The van der Waals surface area contributed by atoms with Gasteiger partial charge in [0.1, 0.15) is 0 Å². The van der Waals surface area contributed by atoms with Gasteiger partial charge in [-0.25, -0.2) is 14.1 Å². The number of rotatable bonds is 3. The Kier molecular flexibility index (Phi) is 4.13. The van der Waals surface area contributed by atoms with E-state index >= 15 is 0 Å². The molecule has 29 heavy (non-hydrogen) atoms. The molecule has 0 spiro atoms. The van der Waals surface area contributed by atoms with E-state index in [-0.39, 0.29) is 11.0 Å². The van der Waals surface area contributed by atoms with E-state index in [1.807, 2.05) is 37.4 Å². The highest BCUT2D eigenvalue weighted by Gasteiger charge is 2.36. The van der Waals surface area contributed by atoms with E-state index in [0.29, 0.717) is 10.9 Å². The minimum absolute atomic E-state index is 0.00633. The quantitative estimate of drug-likeness (QED) is 0.482. The molecule has 146 valence electrons. The van der Waals surface area contributed by atoms with Crippen molar-refractivity contribution in [2.24, 2.45) is 7.05 Å². The molecule has 1 aliphatic rings. The summed E-state index contributed by atoms with van der Waals surface area (Å²) in [6.45, 7) is 4.26. The molecule has 6 heteroatoms. The van der Waals surface area contributed by atoms with Crippen molar-refractivity contribution in [3.8, 4) is 11.3 Å². The summed E-state index contributed by atoms with van der Waals surface area (Å²) in [6, 6.07) is 18.5. The van der Waals surface area contributed by atoms with Crippen LogP contribution in [0.3, 0.4) is 0 Å². The van der Waals surface area contributed by atoms with Gasteiger partial charge < -0.3 is 0 Å². The third-order valence-electron chi connectivity index (χ3n) is 5.57. The summed E-state index contributed by atoms with van der Waals surface area (Å²) in [5.41, 5.74) is 4.78. The Balaban J connectivity index is 1.70. The largest absolute Gasteiger partial charge is 0.268 e. The number of aromatic nitrogens is 4. The first kappa shape index (κ1) is 18.2. The minimum atomic E-state index is -0.286. The predicted octanol–water partition coefficient (Wildman–Crippen LogP) is 4.22. The van der Waals surface area contributed by atoms with Gasteiger partial charge in [0.25, 0.3) is 5.56 Å². The van der Waals surface area contributed by atoms with E-state index in [4.69, 9.17) is 4.98 Å². The first-order valence-electron chi connectivity index (χ1n) is 9.71. The number of hydrogen-bond acceptors (Lipinski definition) is 4. The van der Waals surface area contributed by atoms with Crippen LogP contribution in [0.1, 0.15) is 30.5 Å². The molecule has 5 nitrogen and oxygen atoms in total. The van der Waals surface area contributed by atoms with Crippen molar-refractivity contribution in [2.45, 2.75) is 36.6 Å². The number of aryl methyl sites for hydroxylation is 1. The van der Waals surface area contributed by atoms with Crippen LogP contribution in [-0.4, -0.2) is 19.2 Å². The van der Waals surface area contributed by atoms with Gasteiger partial charge in [-0.2, -0.15) is 0 Å². The van der Waals surface area contributed by atoms with E-state index in [9.17, 15) is 4.79 Å². The van der Waals surface area contributed by atoms with Crippen molar-refractivity contribution in [1.29, 1.82) is 0 Å². The van der Waals surface area contributed by atoms with Gasteiger partial charge in [-0.15, -0.1) is 5.10 Å². The summed E-state index contributed by atoms with van der Waals surface area (Å²) in [4.78, 5) is 18.6. The van der Waals surface area contributed by atoms with Gasteiger partial charge in [0.2, 0.25) is 5.78 Å². The third-order valence-corrected chi connectivity index (χ3v) is 6.57. The molecule has 0 saturated heterocycles. The van der Waals surface area contributed by atoms with E-state index in [1.165, 1.54) is 11.1 Å². The number of nitrogens with zero attached hydrogens (tertiary/aromatic N) is 4. The van der Waals surface area contributed by atoms with Crippen molar-refractivity contribution in [3.63, 3.8) is 0 Å². The first-order valence-corrected chi connectivity index (χ1v) is 10.7. The number of fused-ring (bicyclic) bond motifs is 4. The molecule has 0 amide bonds. The molecule has 2 aromatic heterocycles. The number of benzene rings is 2. The fourth-order valence-corrected chi connectivity index (χ4v) is 5.17. The van der Waals surface area contributed by atoms with Crippen LogP contribution in [0.5, 0.6) is 0 Å². The van der Waals surface area contributed by atoms with Crippen molar-refractivity contribution in [1.82, 2.24) is 19.2 Å². The highest BCUT2D eigenvalue weighted by molar-refractivity contribution is 7.98. The molecule has 0 bridgehead atoms. The van der Waals surface area contributed by atoms with E-state index in [1.54, 1.807) is 20.8 Å². The zero-order valence-electron chi connectivity index (χ0n) is 16.7. The van der Waals surface area contributed by atoms with Crippen molar-refractivity contribution in [3.05, 3.63) is 81.6 Å². The maximum atomic E-state index is 13.7. The van der Waals surface area contributed by atoms with Gasteiger partial charge in [-0.1, -0.05) is 80.2 Å². The van der Waals surface area contributed by atoms with E-state index < -0.39 is 0 Å². The lowest BCUT2D eigenvalue weighted by Gasteiger charge is -2.32. The zero-order valence-corrected chi connectivity index (χ0v) is 17.5. The predicted molar refractivity (Wildman–Crippen MR) is 116 cm³/mol. The van der Waals surface area contributed by atoms with Gasteiger partial charge in [-0.3, -0.25) is 4.79 Å². The van der Waals surface area contributed by atoms with Crippen molar-refractivity contribution >= 4 is 17.5 Å². The lowest BCUT2D eigenvalue weighted by atomic mass is 9.72. The lowest BCUT2D eigenvalue weighted by Crippen LogP contribution is -2.36. The van der Waals surface area contributed by atoms with Gasteiger partial charge in [0, 0.05) is 23.8 Å². The second kappa shape index (κ2) is 6.59. The van der Waals surface area contributed by atoms with Crippen LogP contribution >= 0.6 is 11.8 Å². The Morgan fingerprint density at radius 1 is 1.07 bits per heavy atom. The minimum Gasteiger partial charge on any atom is -0.268 e. The van der Waals surface area contributed by atoms with Crippen molar-refractivity contribution < 1.29 is 0 Å². The molecular formula is C23H22N4OS. The first-order chi connectivity index (χ1) is 14.0. The molecular weight excluding hydrogens is 380 g/mol. The maximum Gasteiger partial charge on any atom is 0.265 e. The molecule has 0 N–H and O–H groups in total. The second-order valence-corrected chi connectivity index (χ2v) is 9.12. The molecule has 0 saturated carbocycles. The van der Waals surface area contributed by atoms with Crippen LogP contribution < -0.4 is 5.56 Å². The fraction of sp³-hybridized carbons (Fsp3) is 0.261. The molecule has 2 heterocycles. The van der Waals surface area contributed by atoms with Crippen LogP contribution in [0.2, 0.25) is 0 Å². The highest BCUT2D eigenvalue weighted by Crippen LogP contribution is 2.40. The van der Waals surface area contributed by atoms with Crippen LogP contribution in [-0.2, 0) is 24.6 Å². The summed E-state index contributed by atoms with van der Waals surface area (Å²) in [7, 11) is 1.85. The normalized spacial score (nSPS) is 14.6. The van der Waals surface area contributed by atoms with Crippen LogP contribution in [0.4, 0.5) is 0 Å². The molecule has 4 aromatic rings. The van der Waals surface area contributed by atoms with Gasteiger partial charge in [0.05, 0.1) is 11.3 Å². The topological polar surface area (TPSA) is 52.2 Å². The summed E-state index contributed by atoms with van der Waals surface area (Å²) in [6.07, 6.45) is 0.825. The third kappa shape index (κ3) is 2.90. The molecule has 0 unspecified atom stereocenters. The average Bonchev–Trinajstić information content (AvgIpc) is 3.02. The van der Waals surface area contributed by atoms with Gasteiger partial charge in [0.15, 0.2) is 5.16 Å².